The highest BCUT2D eigenvalue weighted by molar-refractivity contribution is 9.10. The van der Waals surface area contributed by atoms with Crippen LogP contribution in [-0.2, 0) is 4.74 Å². The van der Waals surface area contributed by atoms with Crippen molar-refractivity contribution in [2.24, 2.45) is 0 Å². The second kappa shape index (κ2) is 6.41. The molecular formula is C19H23BrClN3O2. The Balaban J connectivity index is 1.56. The predicted octanol–water partition coefficient (Wildman–Crippen LogP) is 5.56. The Hall–Kier alpha value is -1.27. The molecule has 2 aliphatic heterocycles. The normalized spacial score (nSPS) is 25.7. The topological polar surface area (TPSA) is 47.4 Å². The van der Waals surface area contributed by atoms with Crippen LogP contribution in [0.1, 0.15) is 52.5 Å². The molecule has 0 saturated carbocycles. The van der Waals surface area contributed by atoms with Gasteiger partial charge in [-0.25, -0.2) is 4.79 Å². The number of hydrogen-bond acceptors (Lipinski definition) is 3. The monoisotopic (exact) mass is 439 g/mol. The van der Waals surface area contributed by atoms with Crippen molar-refractivity contribution in [1.82, 2.24) is 14.7 Å². The summed E-state index contributed by atoms with van der Waals surface area (Å²) in [6, 6.07) is 4.71. The van der Waals surface area contributed by atoms with E-state index in [1.807, 2.05) is 42.5 Å². The van der Waals surface area contributed by atoms with Crippen LogP contribution in [0.5, 0.6) is 0 Å². The van der Waals surface area contributed by atoms with Crippen molar-refractivity contribution in [3.8, 4) is 0 Å². The van der Waals surface area contributed by atoms with Crippen LogP contribution in [0.15, 0.2) is 22.8 Å². The third-order valence-electron chi connectivity index (χ3n) is 5.27. The number of fused-ring (bicyclic) bond motifs is 3. The molecule has 2 bridgehead atoms. The van der Waals surface area contributed by atoms with Crippen LogP contribution >= 0.6 is 27.5 Å². The maximum atomic E-state index is 12.6. The summed E-state index contributed by atoms with van der Waals surface area (Å²) >= 11 is 9.84. The number of hydrogen-bond donors (Lipinski definition) is 0. The molecule has 2 saturated heterocycles. The summed E-state index contributed by atoms with van der Waals surface area (Å²) in [7, 11) is 0. The van der Waals surface area contributed by atoms with Gasteiger partial charge in [-0.3, -0.25) is 4.68 Å². The minimum absolute atomic E-state index is 0.180. The van der Waals surface area contributed by atoms with Gasteiger partial charge < -0.3 is 9.64 Å². The van der Waals surface area contributed by atoms with E-state index < -0.39 is 5.60 Å². The average Bonchev–Trinajstić information content (AvgIpc) is 3.09. The van der Waals surface area contributed by atoms with E-state index in [2.05, 4.69) is 22.1 Å². The lowest BCUT2D eigenvalue weighted by Crippen LogP contribution is -2.48. The van der Waals surface area contributed by atoms with Crippen molar-refractivity contribution in [1.29, 1.82) is 0 Å². The first-order chi connectivity index (χ1) is 12.2. The van der Waals surface area contributed by atoms with E-state index in [0.29, 0.717) is 5.02 Å². The van der Waals surface area contributed by atoms with E-state index in [-0.39, 0.29) is 24.2 Å². The number of ether oxygens (including phenoxy) is 1. The first-order valence-corrected chi connectivity index (χ1v) is 10.2. The second-order valence-corrected chi connectivity index (χ2v) is 9.54. The molecule has 1 aromatic carbocycles. The Kier molecular flexibility index (Phi) is 4.47. The smallest absolute Gasteiger partial charge is 0.410 e. The van der Waals surface area contributed by atoms with E-state index in [1.165, 1.54) is 0 Å². The van der Waals surface area contributed by atoms with Crippen LogP contribution in [0.3, 0.4) is 0 Å². The number of piperidine rings is 1. The quantitative estimate of drug-likeness (QED) is 0.583. The van der Waals surface area contributed by atoms with Crippen LogP contribution in [-0.4, -0.2) is 38.5 Å². The molecule has 2 fully saturated rings. The lowest BCUT2D eigenvalue weighted by atomic mass is 9.98. The SMILES string of the molecule is CC(C)(C)OC(=O)N1[C@@H]2CC[C@H]1CC(n1cc3ccc(Br)c(Cl)c3n1)C2. The first-order valence-electron chi connectivity index (χ1n) is 9.07. The molecule has 3 heterocycles. The van der Waals surface area contributed by atoms with Crippen molar-refractivity contribution in [2.45, 2.75) is 70.2 Å². The summed E-state index contributed by atoms with van der Waals surface area (Å²) < 4.78 is 8.52. The second-order valence-electron chi connectivity index (χ2n) is 8.31. The molecular weight excluding hydrogens is 418 g/mol. The van der Waals surface area contributed by atoms with E-state index in [1.54, 1.807) is 0 Å². The van der Waals surface area contributed by atoms with Crippen LogP contribution in [0.2, 0.25) is 5.02 Å². The molecule has 4 rings (SSSR count). The van der Waals surface area contributed by atoms with Gasteiger partial charge in [-0.05, 0) is 74.5 Å². The van der Waals surface area contributed by atoms with Gasteiger partial charge in [-0.1, -0.05) is 11.6 Å². The zero-order chi connectivity index (χ0) is 18.6. The van der Waals surface area contributed by atoms with Gasteiger partial charge in [0, 0.05) is 28.1 Å². The van der Waals surface area contributed by atoms with Gasteiger partial charge in [-0.15, -0.1) is 0 Å². The first kappa shape index (κ1) is 18.1. The van der Waals surface area contributed by atoms with Crippen molar-refractivity contribution in [3.05, 3.63) is 27.8 Å². The van der Waals surface area contributed by atoms with Gasteiger partial charge in [0.1, 0.15) is 11.1 Å². The fourth-order valence-corrected chi connectivity index (χ4v) is 4.74. The number of nitrogens with zero attached hydrogens (tertiary/aromatic N) is 3. The summed E-state index contributed by atoms with van der Waals surface area (Å²) in [6.07, 6.45) is 5.77. The molecule has 7 heteroatoms. The van der Waals surface area contributed by atoms with Crippen LogP contribution in [0.4, 0.5) is 4.79 Å². The number of rotatable bonds is 1. The third-order valence-corrected chi connectivity index (χ3v) is 6.55. The van der Waals surface area contributed by atoms with Gasteiger partial charge in [0.15, 0.2) is 0 Å². The number of aromatic nitrogens is 2. The average molecular weight is 441 g/mol. The van der Waals surface area contributed by atoms with Crippen molar-refractivity contribution in [2.75, 3.05) is 0 Å². The van der Waals surface area contributed by atoms with Crippen LogP contribution in [0, 0.1) is 0 Å². The molecule has 1 unspecified atom stereocenters. The minimum atomic E-state index is -0.461. The number of benzene rings is 1. The Labute approximate surface area is 166 Å². The van der Waals surface area contributed by atoms with E-state index in [9.17, 15) is 4.79 Å². The molecule has 0 spiro atoms. The number of carbonyl (C=O) groups is 1. The maximum absolute atomic E-state index is 12.6. The Morgan fingerprint density at radius 1 is 1.23 bits per heavy atom. The highest BCUT2D eigenvalue weighted by Crippen LogP contribution is 2.42. The zero-order valence-corrected chi connectivity index (χ0v) is 17.5. The lowest BCUT2D eigenvalue weighted by Gasteiger charge is -2.39. The van der Waals surface area contributed by atoms with Gasteiger partial charge in [0.25, 0.3) is 0 Å². The molecule has 26 heavy (non-hydrogen) atoms. The maximum Gasteiger partial charge on any atom is 0.410 e. The number of carbonyl (C=O) groups excluding carboxylic acids is 1. The van der Waals surface area contributed by atoms with E-state index in [0.717, 1.165) is 41.1 Å². The summed E-state index contributed by atoms with van der Waals surface area (Å²) in [5.74, 6) is 0. The Bertz CT molecular complexity index is 846. The lowest BCUT2D eigenvalue weighted by molar-refractivity contribution is 0.00235. The minimum Gasteiger partial charge on any atom is -0.444 e. The summed E-state index contributed by atoms with van der Waals surface area (Å²) in [4.78, 5) is 14.6. The standard InChI is InChI=1S/C19H23BrClN3O2/c1-19(2,3)26-18(25)24-12-5-6-13(24)9-14(8-12)23-10-11-4-7-15(20)16(21)17(11)22-23/h4,7,10,12-14H,5-6,8-9H2,1-3H3/t12-,13+,14?. The highest BCUT2D eigenvalue weighted by atomic mass is 79.9. The molecule has 3 atom stereocenters. The van der Waals surface area contributed by atoms with E-state index in [4.69, 9.17) is 21.4 Å². The van der Waals surface area contributed by atoms with Gasteiger partial charge in [-0.2, -0.15) is 5.10 Å². The largest absolute Gasteiger partial charge is 0.444 e. The Morgan fingerprint density at radius 2 is 1.88 bits per heavy atom. The van der Waals surface area contributed by atoms with Gasteiger partial charge in [0.2, 0.25) is 0 Å². The van der Waals surface area contributed by atoms with E-state index >= 15 is 0 Å². The predicted molar refractivity (Wildman–Crippen MR) is 106 cm³/mol. The molecule has 2 aromatic rings. The van der Waals surface area contributed by atoms with Crippen molar-refractivity contribution in [3.63, 3.8) is 0 Å². The Morgan fingerprint density at radius 3 is 2.50 bits per heavy atom. The molecule has 0 radical (unpaired) electrons. The fourth-order valence-electron chi connectivity index (χ4n) is 4.21. The molecule has 140 valence electrons. The fraction of sp³-hybridized carbons (Fsp3) is 0.579. The van der Waals surface area contributed by atoms with Gasteiger partial charge in [0.05, 0.1) is 11.1 Å². The third kappa shape index (κ3) is 3.22. The molecule has 0 N–H and O–H groups in total. The summed E-state index contributed by atoms with van der Waals surface area (Å²) in [5.41, 5.74) is 0.361. The van der Waals surface area contributed by atoms with Crippen molar-refractivity contribution >= 4 is 44.5 Å². The number of amides is 1. The zero-order valence-electron chi connectivity index (χ0n) is 15.2. The van der Waals surface area contributed by atoms with Gasteiger partial charge >= 0.3 is 6.09 Å². The number of halogens is 2. The highest BCUT2D eigenvalue weighted by Gasteiger charge is 2.45. The molecule has 1 aromatic heterocycles. The molecule has 5 nitrogen and oxygen atoms in total. The van der Waals surface area contributed by atoms with Crippen molar-refractivity contribution < 1.29 is 9.53 Å². The summed E-state index contributed by atoms with van der Waals surface area (Å²) in [5, 5.41) is 6.43. The molecule has 2 aliphatic rings. The van der Waals surface area contributed by atoms with Crippen LogP contribution < -0.4 is 0 Å². The van der Waals surface area contributed by atoms with Crippen LogP contribution in [0.25, 0.3) is 10.9 Å². The molecule has 0 aliphatic carbocycles. The summed E-state index contributed by atoms with van der Waals surface area (Å²) in [6.45, 7) is 5.74. The molecule has 1 amide bonds.